The molecule has 0 bridgehead atoms. The third-order valence-electron chi connectivity index (χ3n) is 1.58. The molecule has 14 heavy (non-hydrogen) atoms. The summed E-state index contributed by atoms with van der Waals surface area (Å²) in [7, 11) is 0. The van der Waals surface area contributed by atoms with E-state index in [0.717, 1.165) is 0 Å². The van der Waals surface area contributed by atoms with Gasteiger partial charge in [0, 0.05) is 12.1 Å². The Hall–Kier alpha value is -1.62. The number of halogens is 1. The number of benzene rings is 1. The van der Waals surface area contributed by atoms with Crippen LogP contribution in [0.25, 0.3) is 0 Å². The second-order valence-electron chi connectivity index (χ2n) is 2.55. The van der Waals surface area contributed by atoms with Gasteiger partial charge in [-0.25, -0.2) is 0 Å². The van der Waals surface area contributed by atoms with Crippen LogP contribution < -0.4 is 0 Å². The topological polar surface area (TPSA) is 69.4 Å². The van der Waals surface area contributed by atoms with Crippen molar-refractivity contribution in [1.82, 2.24) is 0 Å². The molecule has 1 aromatic rings. The first kappa shape index (κ1) is 10.5. The molecule has 0 N–H and O–H groups in total. The molecule has 0 radical (unpaired) electrons. The standard InChI is InChI=1S/C8H6ClNO4/c9-14-8(11)5-6-1-3-7(4-2-6)10(12)13/h1-4H,5H2. The quantitative estimate of drug-likeness (QED) is 0.570. The minimum Gasteiger partial charge on any atom is -0.347 e. The predicted octanol–water partition coefficient (Wildman–Crippen LogP) is 1.83. The van der Waals surface area contributed by atoms with Gasteiger partial charge in [0.2, 0.25) is 0 Å². The normalized spacial score (nSPS) is 9.50. The van der Waals surface area contributed by atoms with Gasteiger partial charge in [0.15, 0.2) is 0 Å². The van der Waals surface area contributed by atoms with Crippen molar-refractivity contribution in [2.75, 3.05) is 0 Å². The maximum absolute atomic E-state index is 10.7. The lowest BCUT2D eigenvalue weighted by atomic mass is 10.1. The van der Waals surface area contributed by atoms with E-state index in [9.17, 15) is 14.9 Å². The van der Waals surface area contributed by atoms with Crippen molar-refractivity contribution in [1.29, 1.82) is 0 Å². The first-order chi connectivity index (χ1) is 6.63. The van der Waals surface area contributed by atoms with Gasteiger partial charge in [0.05, 0.1) is 11.3 Å². The average molecular weight is 216 g/mol. The predicted molar refractivity (Wildman–Crippen MR) is 48.7 cm³/mol. The van der Waals surface area contributed by atoms with Crippen LogP contribution in [0.3, 0.4) is 0 Å². The largest absolute Gasteiger partial charge is 0.347 e. The Morgan fingerprint density at radius 2 is 2.00 bits per heavy atom. The van der Waals surface area contributed by atoms with Crippen LogP contribution in [0.2, 0.25) is 0 Å². The molecule has 1 rings (SSSR count). The fourth-order valence-corrected chi connectivity index (χ4v) is 0.984. The van der Waals surface area contributed by atoms with Crippen molar-refractivity contribution < 1.29 is 14.0 Å². The molecule has 0 saturated carbocycles. The fourth-order valence-electron chi connectivity index (χ4n) is 0.929. The van der Waals surface area contributed by atoms with Crippen LogP contribution in [0, 0.1) is 10.1 Å². The lowest BCUT2D eigenvalue weighted by Crippen LogP contribution is -2.01. The summed E-state index contributed by atoms with van der Waals surface area (Å²) < 4.78 is 3.93. The van der Waals surface area contributed by atoms with Crippen molar-refractivity contribution in [2.24, 2.45) is 0 Å². The Kier molecular flexibility index (Phi) is 3.41. The van der Waals surface area contributed by atoms with Gasteiger partial charge >= 0.3 is 5.97 Å². The van der Waals surface area contributed by atoms with Crippen LogP contribution in [0.5, 0.6) is 0 Å². The lowest BCUT2D eigenvalue weighted by molar-refractivity contribution is -0.384. The number of nitro benzene ring substituents is 1. The Labute approximate surface area is 84.6 Å². The number of carbonyl (C=O) groups is 1. The summed E-state index contributed by atoms with van der Waals surface area (Å²) in [5.41, 5.74) is 0.592. The van der Waals surface area contributed by atoms with Gasteiger partial charge < -0.3 is 4.29 Å². The molecule has 0 amide bonds. The number of non-ortho nitro benzene ring substituents is 1. The maximum Gasteiger partial charge on any atom is 0.329 e. The maximum atomic E-state index is 10.7. The van der Waals surface area contributed by atoms with E-state index in [4.69, 9.17) is 11.9 Å². The highest BCUT2D eigenvalue weighted by Crippen LogP contribution is 2.12. The Morgan fingerprint density at radius 1 is 1.43 bits per heavy atom. The van der Waals surface area contributed by atoms with Crippen LogP contribution in [-0.4, -0.2) is 10.9 Å². The van der Waals surface area contributed by atoms with Crippen molar-refractivity contribution in [3.63, 3.8) is 0 Å². The Morgan fingerprint density at radius 3 is 2.43 bits per heavy atom. The van der Waals surface area contributed by atoms with Crippen LogP contribution >= 0.6 is 11.9 Å². The molecule has 6 heteroatoms. The average Bonchev–Trinajstić information content (AvgIpc) is 2.18. The number of nitro groups is 1. The van der Waals surface area contributed by atoms with Gasteiger partial charge in [-0.15, -0.1) is 0 Å². The smallest absolute Gasteiger partial charge is 0.329 e. The second-order valence-corrected chi connectivity index (χ2v) is 2.70. The van der Waals surface area contributed by atoms with Crippen molar-refractivity contribution in [2.45, 2.75) is 6.42 Å². The monoisotopic (exact) mass is 215 g/mol. The molecule has 0 aliphatic heterocycles. The van der Waals surface area contributed by atoms with Crippen LogP contribution in [0.15, 0.2) is 24.3 Å². The summed E-state index contributed by atoms with van der Waals surface area (Å²) in [6.07, 6.45) is 0.00148. The van der Waals surface area contributed by atoms with E-state index in [1.807, 2.05) is 0 Å². The van der Waals surface area contributed by atoms with E-state index in [1.165, 1.54) is 24.3 Å². The zero-order chi connectivity index (χ0) is 10.6. The molecule has 0 aliphatic rings. The molecule has 0 atom stereocenters. The third-order valence-corrected chi connectivity index (χ3v) is 1.75. The lowest BCUT2D eigenvalue weighted by Gasteiger charge is -1.97. The zero-order valence-corrected chi connectivity index (χ0v) is 7.73. The Bertz CT molecular complexity index is 349. The molecule has 0 aromatic heterocycles. The van der Waals surface area contributed by atoms with E-state index >= 15 is 0 Å². The summed E-state index contributed by atoms with van der Waals surface area (Å²) in [6, 6.07) is 5.59. The van der Waals surface area contributed by atoms with E-state index in [1.54, 1.807) is 0 Å². The summed E-state index contributed by atoms with van der Waals surface area (Å²) in [4.78, 5) is 20.5. The minimum atomic E-state index is -0.597. The van der Waals surface area contributed by atoms with Crippen LogP contribution in [-0.2, 0) is 15.5 Å². The number of carbonyl (C=O) groups excluding carboxylic acids is 1. The number of nitrogens with zero attached hydrogens (tertiary/aromatic N) is 1. The molecule has 0 unspecified atom stereocenters. The molecular formula is C8H6ClNO4. The summed E-state index contributed by atoms with van der Waals surface area (Å²) >= 11 is 4.83. The molecule has 0 aliphatic carbocycles. The molecule has 5 nitrogen and oxygen atoms in total. The molecule has 74 valence electrons. The first-order valence-electron chi connectivity index (χ1n) is 3.68. The van der Waals surface area contributed by atoms with E-state index in [2.05, 4.69) is 4.29 Å². The van der Waals surface area contributed by atoms with Crippen molar-refractivity contribution in [3.8, 4) is 0 Å². The number of rotatable bonds is 3. The molecule has 0 saturated heterocycles. The van der Waals surface area contributed by atoms with E-state index < -0.39 is 10.9 Å². The van der Waals surface area contributed by atoms with Gasteiger partial charge in [-0.05, 0) is 5.56 Å². The third kappa shape index (κ3) is 2.70. The summed E-state index contributed by atoms with van der Waals surface area (Å²) in [6.45, 7) is 0. The molecular weight excluding hydrogens is 210 g/mol. The minimum absolute atomic E-state index is 0.00148. The number of hydrogen-bond acceptors (Lipinski definition) is 4. The number of hydrogen-bond donors (Lipinski definition) is 0. The van der Waals surface area contributed by atoms with Gasteiger partial charge in [-0.3, -0.25) is 14.9 Å². The SMILES string of the molecule is O=C(Cc1ccc([N+](=O)[O-])cc1)OCl. The van der Waals surface area contributed by atoms with E-state index in [0.29, 0.717) is 5.56 Å². The summed E-state index contributed by atoms with van der Waals surface area (Å²) in [5, 5.41) is 10.3. The van der Waals surface area contributed by atoms with Crippen molar-refractivity contribution >= 4 is 23.5 Å². The molecule has 0 spiro atoms. The van der Waals surface area contributed by atoms with E-state index in [-0.39, 0.29) is 12.1 Å². The molecule has 0 fully saturated rings. The first-order valence-corrected chi connectivity index (χ1v) is 3.99. The second kappa shape index (κ2) is 4.57. The highest BCUT2D eigenvalue weighted by Gasteiger charge is 2.07. The molecule has 0 heterocycles. The highest BCUT2D eigenvalue weighted by molar-refractivity contribution is 6.13. The van der Waals surface area contributed by atoms with Crippen LogP contribution in [0.1, 0.15) is 5.56 Å². The summed E-state index contributed by atoms with van der Waals surface area (Å²) in [5.74, 6) is -0.597. The fraction of sp³-hybridized carbons (Fsp3) is 0.125. The van der Waals surface area contributed by atoms with Crippen LogP contribution in [0.4, 0.5) is 5.69 Å². The Balaban J connectivity index is 2.73. The zero-order valence-electron chi connectivity index (χ0n) is 6.97. The van der Waals surface area contributed by atoms with Gasteiger partial charge in [0.25, 0.3) is 5.69 Å². The highest BCUT2D eigenvalue weighted by atomic mass is 35.5. The molecule has 1 aromatic carbocycles. The van der Waals surface area contributed by atoms with Gasteiger partial charge in [-0.1, -0.05) is 12.1 Å². The van der Waals surface area contributed by atoms with Gasteiger partial charge in [0.1, 0.15) is 11.9 Å². The van der Waals surface area contributed by atoms with Crippen molar-refractivity contribution in [3.05, 3.63) is 39.9 Å². The van der Waals surface area contributed by atoms with Gasteiger partial charge in [-0.2, -0.15) is 0 Å².